The van der Waals surface area contributed by atoms with E-state index in [1.165, 1.54) is 0 Å². The van der Waals surface area contributed by atoms with Gasteiger partial charge in [0.05, 0.1) is 5.39 Å². The number of carboxylic acid groups (broad SMARTS) is 1. The number of nitrogens with zero attached hydrogens (tertiary/aromatic N) is 2. The van der Waals surface area contributed by atoms with Crippen molar-refractivity contribution in [3.8, 4) is 0 Å². The van der Waals surface area contributed by atoms with Gasteiger partial charge in [0.25, 0.3) is 0 Å². The van der Waals surface area contributed by atoms with Crippen molar-refractivity contribution in [1.82, 2.24) is 9.97 Å². The summed E-state index contributed by atoms with van der Waals surface area (Å²) in [5.41, 5.74) is 4.60. The molecule has 0 amide bonds. The molecule has 2 aromatic heterocycles. The molecule has 1 saturated heterocycles. The van der Waals surface area contributed by atoms with Crippen LogP contribution in [0.15, 0.2) is 17.1 Å². The Balaban J connectivity index is 2.08. The molecule has 1 fully saturated rings. The smallest absolute Gasteiger partial charge is 0.341 e. The molecule has 7 nitrogen and oxygen atoms in total. The minimum absolute atomic E-state index is 0.0734. The normalized spacial score (nSPS) is 18.1. The monoisotopic (exact) mass is 306 g/mol. The number of anilines is 1. The van der Waals surface area contributed by atoms with Crippen LogP contribution >= 0.6 is 0 Å². The van der Waals surface area contributed by atoms with E-state index >= 15 is 0 Å². The molecule has 3 heterocycles. The molecule has 3 rings (SSSR count). The molecule has 1 atom stereocenters. The number of halogens is 1. The third kappa shape index (κ3) is 2.31. The Morgan fingerprint density at radius 3 is 3.00 bits per heavy atom. The second-order valence-corrected chi connectivity index (χ2v) is 5.36. The van der Waals surface area contributed by atoms with Crippen LogP contribution in [0.25, 0.3) is 11.0 Å². The minimum Gasteiger partial charge on any atom is -0.477 e. The topological polar surface area (TPSA) is 112 Å². The van der Waals surface area contributed by atoms with Gasteiger partial charge < -0.3 is 20.7 Å². The molecule has 0 aliphatic carbocycles. The molecule has 8 heteroatoms. The fourth-order valence-corrected chi connectivity index (χ4v) is 2.71. The Morgan fingerprint density at radius 1 is 1.59 bits per heavy atom. The molecule has 0 radical (unpaired) electrons. The zero-order valence-corrected chi connectivity index (χ0v) is 11.7. The predicted octanol–water partition coefficient (Wildman–Crippen LogP) is 0.545. The molecule has 1 unspecified atom stereocenters. The summed E-state index contributed by atoms with van der Waals surface area (Å²) in [6.45, 7) is 1.79. The maximum Gasteiger partial charge on any atom is 0.341 e. The fourth-order valence-electron chi connectivity index (χ4n) is 2.71. The average Bonchev–Trinajstić information content (AvgIpc) is 2.96. The van der Waals surface area contributed by atoms with Gasteiger partial charge in [-0.1, -0.05) is 0 Å². The first-order valence-electron chi connectivity index (χ1n) is 6.91. The first-order chi connectivity index (χ1) is 10.5. The van der Waals surface area contributed by atoms with Crippen molar-refractivity contribution in [3.63, 3.8) is 0 Å². The summed E-state index contributed by atoms with van der Waals surface area (Å²) in [5, 5.41) is 8.85. The Hall–Kier alpha value is -2.48. The molecule has 116 valence electrons. The number of carbonyl (C=O) groups is 1. The van der Waals surface area contributed by atoms with Crippen molar-refractivity contribution in [2.45, 2.75) is 6.42 Å². The molecule has 2 aromatic rings. The van der Waals surface area contributed by atoms with Crippen molar-refractivity contribution in [3.05, 3.63) is 33.9 Å². The van der Waals surface area contributed by atoms with Crippen molar-refractivity contribution in [1.29, 1.82) is 0 Å². The number of nitrogens with one attached hydrogen (secondary N) is 1. The van der Waals surface area contributed by atoms with Gasteiger partial charge in [0.1, 0.15) is 11.2 Å². The largest absolute Gasteiger partial charge is 0.477 e. The standard InChI is InChI=1S/C14H15FN4O3/c15-10-3-8-11(20)9(14(21)22)5-17-12(8)18-13(10)19-2-1-7(4-16)6-19/h3,5,7H,1-2,4,6,16H2,(H,21,22)(H,17,18,20). The molecular formula is C14H15FN4O3. The lowest BCUT2D eigenvalue weighted by molar-refractivity contribution is 0.0695. The average molecular weight is 306 g/mol. The molecule has 0 spiro atoms. The maximum atomic E-state index is 14.3. The predicted molar refractivity (Wildman–Crippen MR) is 78.7 cm³/mol. The number of carboxylic acids is 1. The van der Waals surface area contributed by atoms with Gasteiger partial charge >= 0.3 is 5.97 Å². The second kappa shape index (κ2) is 5.38. The lowest BCUT2D eigenvalue weighted by Crippen LogP contribution is -2.25. The van der Waals surface area contributed by atoms with Gasteiger partial charge in [-0.2, -0.15) is 0 Å². The van der Waals surface area contributed by atoms with E-state index in [0.29, 0.717) is 25.6 Å². The van der Waals surface area contributed by atoms with Crippen LogP contribution in [0.2, 0.25) is 0 Å². The lowest BCUT2D eigenvalue weighted by atomic mass is 10.1. The number of nitrogens with two attached hydrogens (primary N) is 1. The molecule has 0 saturated carbocycles. The number of aromatic carboxylic acids is 1. The van der Waals surface area contributed by atoms with Crippen molar-refractivity contribution in [2.75, 3.05) is 24.5 Å². The van der Waals surface area contributed by atoms with E-state index in [-0.39, 0.29) is 16.9 Å². The number of fused-ring (bicyclic) bond motifs is 1. The highest BCUT2D eigenvalue weighted by atomic mass is 19.1. The van der Waals surface area contributed by atoms with E-state index in [0.717, 1.165) is 18.7 Å². The molecular weight excluding hydrogens is 291 g/mol. The van der Waals surface area contributed by atoms with E-state index in [2.05, 4.69) is 9.97 Å². The third-order valence-corrected chi connectivity index (χ3v) is 3.95. The van der Waals surface area contributed by atoms with Crippen LogP contribution in [-0.2, 0) is 0 Å². The SMILES string of the molecule is NCC1CCN(c2nc3[nH]cc(C(=O)O)c(=O)c3cc2F)C1. The summed E-state index contributed by atoms with van der Waals surface area (Å²) < 4.78 is 14.3. The Morgan fingerprint density at radius 2 is 2.36 bits per heavy atom. The van der Waals surface area contributed by atoms with Gasteiger partial charge in [-0.05, 0) is 24.9 Å². The van der Waals surface area contributed by atoms with Gasteiger partial charge in [-0.25, -0.2) is 14.2 Å². The summed E-state index contributed by atoms with van der Waals surface area (Å²) in [4.78, 5) is 31.5. The zero-order valence-electron chi connectivity index (χ0n) is 11.7. The number of pyridine rings is 2. The van der Waals surface area contributed by atoms with Crippen LogP contribution < -0.4 is 16.1 Å². The molecule has 1 aliphatic rings. The number of rotatable bonds is 3. The Labute approximate surface area is 124 Å². The molecule has 0 bridgehead atoms. The van der Waals surface area contributed by atoms with Crippen LogP contribution in [-0.4, -0.2) is 40.7 Å². The number of H-pyrrole nitrogens is 1. The van der Waals surface area contributed by atoms with Crippen LogP contribution in [0.3, 0.4) is 0 Å². The zero-order chi connectivity index (χ0) is 15.9. The van der Waals surface area contributed by atoms with E-state index < -0.39 is 22.8 Å². The molecule has 1 aliphatic heterocycles. The highest BCUT2D eigenvalue weighted by Gasteiger charge is 2.25. The quantitative estimate of drug-likeness (QED) is 0.763. The Kier molecular flexibility index (Phi) is 3.53. The molecule has 4 N–H and O–H groups in total. The first-order valence-corrected chi connectivity index (χ1v) is 6.91. The third-order valence-electron chi connectivity index (χ3n) is 3.95. The van der Waals surface area contributed by atoms with Crippen LogP contribution in [0.4, 0.5) is 10.2 Å². The number of hydrogen-bond donors (Lipinski definition) is 3. The van der Waals surface area contributed by atoms with Gasteiger partial charge in [0.2, 0.25) is 5.43 Å². The van der Waals surface area contributed by atoms with Crippen LogP contribution in [0, 0.1) is 11.7 Å². The second-order valence-electron chi connectivity index (χ2n) is 5.36. The van der Waals surface area contributed by atoms with E-state index in [9.17, 15) is 14.0 Å². The minimum atomic E-state index is -1.36. The summed E-state index contributed by atoms with van der Waals surface area (Å²) in [6, 6.07) is 1.04. The summed E-state index contributed by atoms with van der Waals surface area (Å²) in [7, 11) is 0. The van der Waals surface area contributed by atoms with Crippen LogP contribution in [0.1, 0.15) is 16.8 Å². The highest BCUT2D eigenvalue weighted by molar-refractivity contribution is 5.91. The first kappa shape index (κ1) is 14.5. The maximum absolute atomic E-state index is 14.3. The summed E-state index contributed by atoms with van der Waals surface area (Å²) in [6.07, 6.45) is 1.94. The van der Waals surface area contributed by atoms with Crippen molar-refractivity contribution in [2.24, 2.45) is 11.7 Å². The fraction of sp³-hybridized carbons (Fsp3) is 0.357. The summed E-state index contributed by atoms with van der Waals surface area (Å²) >= 11 is 0. The van der Waals surface area contributed by atoms with Gasteiger partial charge in [0, 0.05) is 19.3 Å². The lowest BCUT2D eigenvalue weighted by Gasteiger charge is -2.18. The van der Waals surface area contributed by atoms with Crippen molar-refractivity contribution >= 4 is 22.8 Å². The van der Waals surface area contributed by atoms with Gasteiger partial charge in [-0.3, -0.25) is 4.79 Å². The van der Waals surface area contributed by atoms with Crippen LogP contribution in [0.5, 0.6) is 0 Å². The van der Waals surface area contributed by atoms with Gasteiger partial charge in [0.15, 0.2) is 11.6 Å². The number of aromatic nitrogens is 2. The van der Waals surface area contributed by atoms with E-state index in [4.69, 9.17) is 10.8 Å². The Bertz CT molecular complexity index is 805. The molecule has 0 aromatic carbocycles. The number of hydrogen-bond acceptors (Lipinski definition) is 5. The highest BCUT2D eigenvalue weighted by Crippen LogP contribution is 2.25. The van der Waals surface area contributed by atoms with E-state index in [1.54, 1.807) is 4.90 Å². The van der Waals surface area contributed by atoms with Gasteiger partial charge in [-0.15, -0.1) is 0 Å². The summed E-state index contributed by atoms with van der Waals surface area (Å²) in [5.74, 6) is -1.55. The number of aromatic amines is 1. The van der Waals surface area contributed by atoms with E-state index in [1.807, 2.05) is 0 Å². The molecule has 22 heavy (non-hydrogen) atoms. The van der Waals surface area contributed by atoms with Crippen molar-refractivity contribution < 1.29 is 14.3 Å².